The first-order valence-corrected chi connectivity index (χ1v) is 9.76. The van der Waals surface area contributed by atoms with Gasteiger partial charge in [0, 0.05) is 24.6 Å². The number of amides is 2. The van der Waals surface area contributed by atoms with Crippen LogP contribution in [0.3, 0.4) is 0 Å². The molecule has 7 heteroatoms. The molecule has 0 spiro atoms. The fourth-order valence-electron chi connectivity index (χ4n) is 2.51. The number of carbonyl (C=O) groups excluding carboxylic acids is 2. The molecule has 1 aromatic rings. The number of ether oxygens (including phenoxy) is 2. The maximum Gasteiger partial charge on any atom is 0.242 e. The molecule has 0 N–H and O–H groups in total. The Morgan fingerprint density at radius 1 is 0.962 bits per heavy atom. The third-order valence-electron chi connectivity index (χ3n) is 3.97. The summed E-state index contributed by atoms with van der Waals surface area (Å²) in [4.78, 5) is 27.9. The zero-order valence-corrected chi connectivity index (χ0v) is 17.9. The van der Waals surface area contributed by atoms with Crippen LogP contribution in [0.4, 0.5) is 0 Å². The first kappa shape index (κ1) is 22.3. The lowest BCUT2D eigenvalue weighted by molar-refractivity contribution is -0.138. The lowest BCUT2D eigenvalue weighted by Gasteiger charge is -2.23. The van der Waals surface area contributed by atoms with E-state index in [0.717, 1.165) is 10.0 Å². The van der Waals surface area contributed by atoms with Crippen molar-refractivity contribution in [3.05, 3.63) is 22.2 Å². The highest BCUT2D eigenvalue weighted by atomic mass is 79.9. The van der Waals surface area contributed by atoms with E-state index >= 15 is 0 Å². The number of hydrogen-bond acceptors (Lipinski definition) is 4. The summed E-state index contributed by atoms with van der Waals surface area (Å²) < 4.78 is 12.0. The minimum absolute atomic E-state index is 0.0494. The topological polar surface area (TPSA) is 59.1 Å². The summed E-state index contributed by atoms with van der Waals surface area (Å²) in [6.07, 6.45) is 0.176. The van der Waals surface area contributed by atoms with E-state index in [4.69, 9.17) is 9.47 Å². The Bertz CT molecular complexity index is 618. The van der Waals surface area contributed by atoms with Gasteiger partial charge in [-0.1, -0.05) is 15.9 Å². The Morgan fingerprint density at radius 3 is 2.00 bits per heavy atom. The molecule has 1 rings (SSSR count). The van der Waals surface area contributed by atoms with Gasteiger partial charge < -0.3 is 19.3 Å². The van der Waals surface area contributed by atoms with Crippen LogP contribution in [0, 0.1) is 0 Å². The molecule has 1 aromatic carbocycles. The molecule has 0 atom stereocenters. The molecule has 0 radical (unpaired) electrons. The fraction of sp³-hybridized carbons (Fsp3) is 0.579. The Labute approximate surface area is 164 Å². The van der Waals surface area contributed by atoms with Crippen LogP contribution in [-0.2, 0) is 16.0 Å². The van der Waals surface area contributed by atoms with Crippen molar-refractivity contribution in [2.24, 2.45) is 0 Å². The molecule has 0 aliphatic rings. The highest BCUT2D eigenvalue weighted by Gasteiger charge is 2.19. The van der Waals surface area contributed by atoms with Crippen molar-refractivity contribution in [2.75, 3.05) is 39.9 Å². The van der Waals surface area contributed by atoms with Crippen molar-refractivity contribution in [2.45, 2.75) is 34.1 Å². The standard InChI is InChI=1S/C19H29BrN2O4/c1-6-22(7-2)19(24)13-21(5)18(23)11-14-10-16(25-8-3)17(26-9-4)12-15(14)20/h10,12H,6-9,11,13H2,1-5H3. The molecule has 0 aliphatic heterocycles. The Kier molecular flexibility index (Phi) is 9.48. The average molecular weight is 429 g/mol. The second-order valence-electron chi connectivity index (χ2n) is 5.75. The number of hydrogen-bond donors (Lipinski definition) is 0. The molecule has 0 unspecified atom stereocenters. The molecular formula is C19H29BrN2O4. The number of rotatable bonds is 10. The van der Waals surface area contributed by atoms with Gasteiger partial charge >= 0.3 is 0 Å². The minimum Gasteiger partial charge on any atom is -0.490 e. The summed E-state index contributed by atoms with van der Waals surface area (Å²) in [5.74, 6) is 1.08. The van der Waals surface area contributed by atoms with Gasteiger partial charge in [-0.3, -0.25) is 9.59 Å². The third kappa shape index (κ3) is 6.20. The molecule has 0 fully saturated rings. The second kappa shape index (κ2) is 11.1. The monoisotopic (exact) mass is 428 g/mol. The summed E-state index contributed by atoms with van der Waals surface area (Å²) in [6.45, 7) is 10.0. The first-order chi connectivity index (χ1) is 12.4. The van der Waals surface area contributed by atoms with Gasteiger partial charge in [0.15, 0.2) is 11.5 Å². The summed E-state index contributed by atoms with van der Waals surface area (Å²) in [6, 6.07) is 3.63. The molecule has 2 amide bonds. The third-order valence-corrected chi connectivity index (χ3v) is 4.71. The highest BCUT2D eigenvalue weighted by Crippen LogP contribution is 2.34. The Hall–Kier alpha value is -1.76. The molecular weight excluding hydrogens is 400 g/mol. The van der Waals surface area contributed by atoms with Crippen molar-refractivity contribution < 1.29 is 19.1 Å². The molecule has 0 aromatic heterocycles. The van der Waals surface area contributed by atoms with Crippen molar-refractivity contribution in [3.63, 3.8) is 0 Å². The average Bonchev–Trinajstić information content (AvgIpc) is 2.60. The van der Waals surface area contributed by atoms with E-state index in [0.29, 0.717) is 37.8 Å². The molecule has 0 saturated heterocycles. The molecule has 0 aliphatic carbocycles. The van der Waals surface area contributed by atoms with Crippen LogP contribution in [0.15, 0.2) is 16.6 Å². The van der Waals surface area contributed by atoms with Crippen LogP contribution in [-0.4, -0.2) is 61.5 Å². The van der Waals surface area contributed by atoms with Crippen molar-refractivity contribution in [1.29, 1.82) is 0 Å². The van der Waals surface area contributed by atoms with Gasteiger partial charge in [0.2, 0.25) is 11.8 Å². The van der Waals surface area contributed by atoms with Gasteiger partial charge in [-0.15, -0.1) is 0 Å². The van der Waals surface area contributed by atoms with Crippen LogP contribution in [0.1, 0.15) is 33.3 Å². The van der Waals surface area contributed by atoms with E-state index in [1.807, 2.05) is 39.8 Å². The molecule has 0 bridgehead atoms. The number of nitrogens with zero attached hydrogens (tertiary/aromatic N) is 2. The first-order valence-electron chi connectivity index (χ1n) is 8.97. The van der Waals surface area contributed by atoms with Gasteiger partial charge in [-0.2, -0.15) is 0 Å². The SMILES string of the molecule is CCOc1cc(Br)c(CC(=O)N(C)CC(=O)N(CC)CC)cc1OCC. The largest absolute Gasteiger partial charge is 0.490 e. The predicted molar refractivity (Wildman–Crippen MR) is 106 cm³/mol. The van der Waals surface area contributed by atoms with Crippen molar-refractivity contribution in [3.8, 4) is 11.5 Å². The van der Waals surface area contributed by atoms with E-state index in [9.17, 15) is 9.59 Å². The lowest BCUT2D eigenvalue weighted by atomic mass is 10.1. The van der Waals surface area contributed by atoms with Crippen LogP contribution in [0.2, 0.25) is 0 Å². The van der Waals surface area contributed by atoms with Gasteiger partial charge in [0.25, 0.3) is 0 Å². The Balaban J connectivity index is 2.87. The van der Waals surface area contributed by atoms with E-state index in [1.54, 1.807) is 11.9 Å². The van der Waals surface area contributed by atoms with E-state index in [1.165, 1.54) is 4.90 Å². The smallest absolute Gasteiger partial charge is 0.242 e. The van der Waals surface area contributed by atoms with Crippen LogP contribution in [0.5, 0.6) is 11.5 Å². The Morgan fingerprint density at radius 2 is 1.50 bits per heavy atom. The van der Waals surface area contributed by atoms with Crippen molar-refractivity contribution >= 4 is 27.7 Å². The number of halogens is 1. The zero-order chi connectivity index (χ0) is 19.7. The predicted octanol–water partition coefficient (Wildman–Crippen LogP) is 3.12. The van der Waals surface area contributed by atoms with Crippen molar-refractivity contribution in [1.82, 2.24) is 9.80 Å². The maximum atomic E-state index is 12.5. The van der Waals surface area contributed by atoms with Crippen LogP contribution < -0.4 is 9.47 Å². The summed E-state index contributed by atoms with van der Waals surface area (Å²) >= 11 is 3.50. The quantitative estimate of drug-likeness (QED) is 0.574. The van der Waals surface area contributed by atoms with E-state index < -0.39 is 0 Å². The molecule has 146 valence electrons. The van der Waals surface area contributed by atoms with Gasteiger partial charge in [-0.05, 0) is 45.4 Å². The normalized spacial score (nSPS) is 10.4. The van der Waals surface area contributed by atoms with Gasteiger partial charge in [-0.25, -0.2) is 0 Å². The minimum atomic E-state index is -0.127. The molecule has 0 saturated carbocycles. The lowest BCUT2D eigenvalue weighted by Crippen LogP contribution is -2.41. The molecule has 0 heterocycles. The fourth-order valence-corrected chi connectivity index (χ4v) is 2.98. The number of benzene rings is 1. The summed E-state index contributed by atoms with van der Waals surface area (Å²) in [5, 5.41) is 0. The second-order valence-corrected chi connectivity index (χ2v) is 6.60. The van der Waals surface area contributed by atoms with E-state index in [-0.39, 0.29) is 24.8 Å². The zero-order valence-electron chi connectivity index (χ0n) is 16.3. The number of carbonyl (C=O) groups is 2. The summed E-state index contributed by atoms with van der Waals surface area (Å²) in [5.41, 5.74) is 0.795. The molecule has 26 heavy (non-hydrogen) atoms. The number of likely N-dealkylation sites (N-methyl/N-ethyl adjacent to an activating group) is 2. The molecule has 6 nitrogen and oxygen atoms in total. The van der Waals surface area contributed by atoms with Gasteiger partial charge in [0.05, 0.1) is 26.2 Å². The van der Waals surface area contributed by atoms with Crippen LogP contribution in [0.25, 0.3) is 0 Å². The summed E-state index contributed by atoms with van der Waals surface area (Å²) in [7, 11) is 1.65. The van der Waals surface area contributed by atoms with Crippen LogP contribution >= 0.6 is 15.9 Å². The van der Waals surface area contributed by atoms with Gasteiger partial charge in [0.1, 0.15) is 0 Å². The van der Waals surface area contributed by atoms with E-state index in [2.05, 4.69) is 15.9 Å². The highest BCUT2D eigenvalue weighted by molar-refractivity contribution is 9.10. The maximum absolute atomic E-state index is 12.5.